The Morgan fingerprint density at radius 3 is 2.77 bits per heavy atom. The summed E-state index contributed by atoms with van der Waals surface area (Å²) in [7, 11) is 0. The van der Waals surface area contributed by atoms with Crippen molar-refractivity contribution >= 4 is 11.9 Å². The lowest BCUT2D eigenvalue weighted by atomic mass is 10.1. The normalized spacial score (nSPS) is 13.6. The molecule has 3 N–H and O–H groups in total. The Bertz CT molecular complexity index is 912. The van der Waals surface area contributed by atoms with Gasteiger partial charge in [-0.2, -0.15) is 0 Å². The minimum absolute atomic E-state index is 0.0240. The predicted octanol–water partition coefficient (Wildman–Crippen LogP) is 3.09. The third-order valence-electron chi connectivity index (χ3n) is 4.97. The Hall–Kier alpha value is -3.09. The van der Waals surface area contributed by atoms with Crippen molar-refractivity contribution in [3.05, 3.63) is 65.0 Å². The van der Waals surface area contributed by atoms with Gasteiger partial charge in [-0.3, -0.25) is 4.79 Å². The van der Waals surface area contributed by atoms with Gasteiger partial charge in [0.2, 0.25) is 0 Å². The number of ether oxygens (including phenoxy) is 1. The molecule has 0 bridgehead atoms. The first-order valence-corrected chi connectivity index (χ1v) is 10.8. The molecule has 3 rings (SSSR count). The summed E-state index contributed by atoms with van der Waals surface area (Å²) < 4.78 is 18.9. The molecule has 1 fully saturated rings. The SMILES string of the molecule is CCNC(=NCc1cccc(OCC(=O)NC2CC2)c1)NCCc1ccc(F)cc1C. The highest BCUT2D eigenvalue weighted by Crippen LogP contribution is 2.19. The van der Waals surface area contributed by atoms with Gasteiger partial charge in [-0.15, -0.1) is 0 Å². The molecule has 31 heavy (non-hydrogen) atoms. The molecule has 1 aliphatic carbocycles. The van der Waals surface area contributed by atoms with E-state index in [1.54, 1.807) is 6.07 Å². The van der Waals surface area contributed by atoms with Crippen LogP contribution in [0.15, 0.2) is 47.5 Å². The molecule has 0 atom stereocenters. The first-order valence-electron chi connectivity index (χ1n) is 10.8. The van der Waals surface area contributed by atoms with E-state index in [0.29, 0.717) is 24.9 Å². The van der Waals surface area contributed by atoms with E-state index in [2.05, 4.69) is 20.9 Å². The smallest absolute Gasteiger partial charge is 0.258 e. The second kappa shape index (κ2) is 11.3. The van der Waals surface area contributed by atoms with Gasteiger partial charge in [-0.05, 0) is 74.1 Å². The highest BCUT2D eigenvalue weighted by Gasteiger charge is 2.23. The molecule has 0 unspecified atom stereocenters. The van der Waals surface area contributed by atoms with Gasteiger partial charge < -0.3 is 20.7 Å². The molecule has 1 aliphatic rings. The number of carbonyl (C=O) groups excluding carboxylic acids is 1. The van der Waals surface area contributed by atoms with Crippen molar-refractivity contribution in [2.75, 3.05) is 19.7 Å². The first-order chi connectivity index (χ1) is 15.0. The fourth-order valence-corrected chi connectivity index (χ4v) is 3.15. The van der Waals surface area contributed by atoms with Gasteiger partial charge in [0.1, 0.15) is 11.6 Å². The molecular formula is C24H31FN4O2. The van der Waals surface area contributed by atoms with Gasteiger partial charge in [-0.25, -0.2) is 9.38 Å². The van der Waals surface area contributed by atoms with Crippen LogP contribution >= 0.6 is 0 Å². The number of aryl methyl sites for hydroxylation is 1. The van der Waals surface area contributed by atoms with Crippen molar-refractivity contribution in [1.29, 1.82) is 0 Å². The third-order valence-corrected chi connectivity index (χ3v) is 4.97. The van der Waals surface area contributed by atoms with Gasteiger partial charge in [0.25, 0.3) is 5.91 Å². The van der Waals surface area contributed by atoms with E-state index in [4.69, 9.17) is 4.74 Å². The number of rotatable bonds is 10. The summed E-state index contributed by atoms with van der Waals surface area (Å²) in [5, 5.41) is 9.47. The number of halogens is 1. The average molecular weight is 427 g/mol. The monoisotopic (exact) mass is 426 g/mol. The van der Waals surface area contributed by atoms with Crippen LogP contribution in [-0.2, 0) is 17.8 Å². The number of amides is 1. The van der Waals surface area contributed by atoms with Crippen LogP contribution in [0.4, 0.5) is 4.39 Å². The largest absolute Gasteiger partial charge is 0.484 e. The van der Waals surface area contributed by atoms with Crippen molar-refractivity contribution in [3.63, 3.8) is 0 Å². The summed E-state index contributed by atoms with van der Waals surface area (Å²) in [5.41, 5.74) is 3.05. The van der Waals surface area contributed by atoms with Crippen LogP contribution in [0.3, 0.4) is 0 Å². The second-order valence-corrected chi connectivity index (χ2v) is 7.72. The van der Waals surface area contributed by atoms with Crippen LogP contribution in [-0.4, -0.2) is 37.6 Å². The van der Waals surface area contributed by atoms with E-state index in [-0.39, 0.29) is 18.3 Å². The van der Waals surface area contributed by atoms with Crippen LogP contribution in [0.5, 0.6) is 5.75 Å². The number of hydrogen-bond donors (Lipinski definition) is 3. The Morgan fingerprint density at radius 1 is 1.19 bits per heavy atom. The zero-order valence-electron chi connectivity index (χ0n) is 18.2. The summed E-state index contributed by atoms with van der Waals surface area (Å²) in [5.74, 6) is 1.08. The standard InChI is InChI=1S/C24H31FN4O2/c1-3-26-24(27-12-11-19-7-8-20(25)13-17(19)2)28-15-18-5-4-6-22(14-18)31-16-23(30)29-21-9-10-21/h4-8,13-14,21H,3,9-12,15-16H2,1-2H3,(H,29,30)(H2,26,27,28). The lowest BCUT2D eigenvalue weighted by molar-refractivity contribution is -0.123. The van der Waals surface area contributed by atoms with E-state index in [1.165, 1.54) is 6.07 Å². The minimum atomic E-state index is -0.209. The quantitative estimate of drug-likeness (QED) is 0.403. The molecule has 2 aromatic rings. The second-order valence-electron chi connectivity index (χ2n) is 7.72. The Labute approximate surface area is 183 Å². The lowest BCUT2D eigenvalue weighted by Crippen LogP contribution is -2.38. The fourth-order valence-electron chi connectivity index (χ4n) is 3.15. The summed E-state index contributed by atoms with van der Waals surface area (Å²) >= 11 is 0. The maximum absolute atomic E-state index is 13.3. The average Bonchev–Trinajstić information content (AvgIpc) is 3.56. The molecule has 0 aromatic heterocycles. The summed E-state index contributed by atoms with van der Waals surface area (Å²) in [4.78, 5) is 16.4. The van der Waals surface area contributed by atoms with E-state index in [9.17, 15) is 9.18 Å². The van der Waals surface area contributed by atoms with Gasteiger partial charge in [0, 0.05) is 19.1 Å². The molecule has 0 radical (unpaired) electrons. The Balaban J connectivity index is 1.50. The fraction of sp³-hybridized carbons (Fsp3) is 0.417. The number of hydrogen-bond acceptors (Lipinski definition) is 3. The molecule has 7 heteroatoms. The third kappa shape index (κ3) is 7.92. The Kier molecular flexibility index (Phi) is 8.27. The summed E-state index contributed by atoms with van der Waals surface area (Å²) in [6, 6.07) is 12.8. The molecule has 0 saturated heterocycles. The number of nitrogens with zero attached hydrogens (tertiary/aromatic N) is 1. The van der Waals surface area contributed by atoms with E-state index in [0.717, 1.165) is 48.5 Å². The van der Waals surface area contributed by atoms with Gasteiger partial charge in [0.15, 0.2) is 12.6 Å². The maximum Gasteiger partial charge on any atom is 0.258 e. The van der Waals surface area contributed by atoms with Crippen molar-refractivity contribution in [2.24, 2.45) is 4.99 Å². The molecule has 6 nitrogen and oxygen atoms in total. The molecule has 0 spiro atoms. The predicted molar refractivity (Wildman–Crippen MR) is 121 cm³/mol. The van der Waals surface area contributed by atoms with Gasteiger partial charge >= 0.3 is 0 Å². The highest BCUT2D eigenvalue weighted by atomic mass is 19.1. The van der Waals surface area contributed by atoms with Crippen molar-refractivity contribution in [3.8, 4) is 5.75 Å². The lowest BCUT2D eigenvalue weighted by Gasteiger charge is -2.12. The van der Waals surface area contributed by atoms with Crippen LogP contribution in [0, 0.1) is 12.7 Å². The van der Waals surface area contributed by atoms with Crippen LogP contribution < -0.4 is 20.7 Å². The van der Waals surface area contributed by atoms with Crippen molar-refractivity contribution in [1.82, 2.24) is 16.0 Å². The zero-order chi connectivity index (χ0) is 22.1. The van der Waals surface area contributed by atoms with E-state index >= 15 is 0 Å². The maximum atomic E-state index is 13.3. The molecule has 1 amide bonds. The molecule has 0 heterocycles. The first kappa shape index (κ1) is 22.6. The summed E-state index contributed by atoms with van der Waals surface area (Å²) in [6.07, 6.45) is 2.90. The van der Waals surface area contributed by atoms with Crippen molar-refractivity contribution < 1.29 is 13.9 Å². The van der Waals surface area contributed by atoms with Crippen LogP contribution in [0.1, 0.15) is 36.5 Å². The van der Waals surface area contributed by atoms with Gasteiger partial charge in [-0.1, -0.05) is 18.2 Å². The zero-order valence-corrected chi connectivity index (χ0v) is 18.2. The van der Waals surface area contributed by atoms with Gasteiger partial charge in [0.05, 0.1) is 6.54 Å². The highest BCUT2D eigenvalue weighted by molar-refractivity contribution is 5.79. The number of nitrogens with one attached hydrogen (secondary N) is 3. The van der Waals surface area contributed by atoms with E-state index < -0.39 is 0 Å². The molecule has 0 aliphatic heterocycles. The van der Waals surface area contributed by atoms with Crippen LogP contribution in [0.2, 0.25) is 0 Å². The number of carbonyl (C=O) groups is 1. The van der Waals surface area contributed by atoms with Crippen LogP contribution in [0.25, 0.3) is 0 Å². The minimum Gasteiger partial charge on any atom is -0.484 e. The molecule has 2 aromatic carbocycles. The number of benzene rings is 2. The molecule has 1 saturated carbocycles. The Morgan fingerprint density at radius 2 is 2.03 bits per heavy atom. The number of guanidine groups is 1. The topological polar surface area (TPSA) is 74.8 Å². The molecule has 166 valence electrons. The molecular weight excluding hydrogens is 395 g/mol. The van der Waals surface area contributed by atoms with E-state index in [1.807, 2.05) is 44.2 Å². The number of aliphatic imine (C=N–C) groups is 1. The van der Waals surface area contributed by atoms with Crippen molar-refractivity contribution in [2.45, 2.75) is 45.7 Å². The summed E-state index contributed by atoms with van der Waals surface area (Å²) in [6.45, 7) is 5.88.